The maximum absolute atomic E-state index is 14.4. The number of hydrogen-bond donors (Lipinski definition) is 1. The molecule has 1 N–H and O–H groups in total. The number of Topliss-reactive ketones (excluding diaryl/α,β-unsaturated/α-hetero) is 1. The molecule has 2 aromatic rings. The number of ketones is 1. The number of halogens is 1. The van der Waals surface area contributed by atoms with Crippen molar-refractivity contribution < 1.29 is 23.5 Å². The molecule has 2 aliphatic rings. The summed E-state index contributed by atoms with van der Waals surface area (Å²) in [6.45, 7) is 3.47. The van der Waals surface area contributed by atoms with Crippen LogP contribution in [0.15, 0.2) is 36.8 Å². The van der Waals surface area contributed by atoms with Crippen molar-refractivity contribution in [2.45, 2.75) is 44.6 Å². The molecule has 2 amide bonds. The Bertz CT molecular complexity index is 1090. The summed E-state index contributed by atoms with van der Waals surface area (Å²) in [5.41, 5.74) is 2.26. The number of aryl methyl sites for hydroxylation is 1. The highest BCUT2D eigenvalue weighted by Crippen LogP contribution is 2.30. The Balaban J connectivity index is 1.45. The highest BCUT2D eigenvalue weighted by molar-refractivity contribution is 5.99. The number of fused-ring (bicyclic) bond motifs is 1. The Kier molecular flexibility index (Phi) is 6.92. The molecule has 0 bridgehead atoms. The van der Waals surface area contributed by atoms with Crippen LogP contribution in [0, 0.1) is 5.92 Å². The Morgan fingerprint density at radius 1 is 1.26 bits per heavy atom. The predicted molar refractivity (Wildman–Crippen MR) is 124 cm³/mol. The molecule has 180 valence electrons. The molecule has 0 radical (unpaired) electrons. The van der Waals surface area contributed by atoms with Crippen molar-refractivity contribution in [3.05, 3.63) is 53.6 Å². The predicted octanol–water partition coefficient (Wildman–Crippen LogP) is 2.25. The minimum Gasteiger partial charge on any atom is -0.365 e. The maximum Gasteiger partial charge on any atom is 0.251 e. The van der Waals surface area contributed by atoms with E-state index >= 15 is 0 Å². The van der Waals surface area contributed by atoms with Crippen LogP contribution in [0.25, 0.3) is 12.2 Å². The molecule has 2 saturated heterocycles. The lowest BCUT2D eigenvalue weighted by Gasteiger charge is -2.28. The number of aromatic nitrogens is 2. The lowest BCUT2D eigenvalue weighted by molar-refractivity contribution is -0.138. The molecular weight excluding hydrogens is 439 g/mol. The van der Waals surface area contributed by atoms with Gasteiger partial charge in [-0.15, -0.1) is 0 Å². The summed E-state index contributed by atoms with van der Waals surface area (Å²) in [4.78, 5) is 43.7. The highest BCUT2D eigenvalue weighted by Gasteiger charge is 2.53. The van der Waals surface area contributed by atoms with Crippen molar-refractivity contribution in [2.24, 2.45) is 13.0 Å². The summed E-state index contributed by atoms with van der Waals surface area (Å²) in [6, 6.07) is 5.22. The molecule has 3 heterocycles. The zero-order chi connectivity index (χ0) is 24.4. The number of hydrogen-bond acceptors (Lipinski definition) is 5. The van der Waals surface area contributed by atoms with E-state index in [-0.39, 0.29) is 24.9 Å². The lowest BCUT2D eigenvalue weighted by Crippen LogP contribution is -2.52. The normalized spacial score (nSPS) is 23.0. The van der Waals surface area contributed by atoms with Crippen LogP contribution < -0.4 is 5.32 Å². The Morgan fingerprint density at radius 3 is 2.65 bits per heavy atom. The fourth-order valence-corrected chi connectivity index (χ4v) is 4.41. The van der Waals surface area contributed by atoms with Gasteiger partial charge < -0.3 is 19.5 Å². The second-order valence-corrected chi connectivity index (χ2v) is 9.23. The number of amides is 2. The number of rotatable bonds is 7. The van der Waals surface area contributed by atoms with Crippen LogP contribution in [0.3, 0.4) is 0 Å². The van der Waals surface area contributed by atoms with Crippen LogP contribution in [-0.2, 0) is 21.4 Å². The first-order valence-corrected chi connectivity index (χ1v) is 11.4. The van der Waals surface area contributed by atoms with Crippen molar-refractivity contribution >= 4 is 29.7 Å². The molecular formula is C25H29FN4O4. The smallest absolute Gasteiger partial charge is 0.251 e. The molecule has 0 spiro atoms. The standard InChI is InChI=1S/C25H29FN4O4/c1-15(2)10-20(25(33)30-12-19(26)23-22(30)21(31)13-34-23)28-24(32)17-7-4-16(5-8-17)6-9-18-11-27-14-29(18)3/h4-9,11,14-15,19-20,22-23H,10,12-13H2,1-3H3,(H,28,32)/b9-6+/t19-,20-,22+,23+/m0/s1. The molecule has 4 atom stereocenters. The first kappa shape index (κ1) is 23.8. The lowest BCUT2D eigenvalue weighted by atomic mass is 10.0. The van der Waals surface area contributed by atoms with Crippen molar-refractivity contribution in [3.63, 3.8) is 0 Å². The van der Waals surface area contributed by atoms with Crippen LogP contribution in [0.1, 0.15) is 41.9 Å². The third-order valence-corrected chi connectivity index (χ3v) is 6.19. The van der Waals surface area contributed by atoms with Gasteiger partial charge in [0, 0.05) is 12.6 Å². The molecule has 1 aromatic heterocycles. The van der Waals surface area contributed by atoms with E-state index in [2.05, 4.69) is 10.3 Å². The number of carbonyl (C=O) groups is 3. The van der Waals surface area contributed by atoms with E-state index in [0.717, 1.165) is 11.3 Å². The second kappa shape index (κ2) is 9.89. The number of benzene rings is 1. The van der Waals surface area contributed by atoms with E-state index in [0.29, 0.717) is 12.0 Å². The van der Waals surface area contributed by atoms with E-state index < -0.39 is 36.2 Å². The fourth-order valence-electron chi connectivity index (χ4n) is 4.41. The van der Waals surface area contributed by atoms with Gasteiger partial charge in [0.05, 0.1) is 24.8 Å². The Labute approximate surface area is 197 Å². The topological polar surface area (TPSA) is 93.5 Å². The molecule has 0 aliphatic carbocycles. The summed E-state index contributed by atoms with van der Waals surface area (Å²) >= 11 is 0. The third kappa shape index (κ3) is 4.94. The van der Waals surface area contributed by atoms with E-state index in [1.165, 1.54) is 4.90 Å². The van der Waals surface area contributed by atoms with Gasteiger partial charge in [-0.25, -0.2) is 9.37 Å². The monoisotopic (exact) mass is 468 g/mol. The quantitative estimate of drug-likeness (QED) is 0.673. The molecule has 2 fully saturated rings. The van der Waals surface area contributed by atoms with Crippen LogP contribution >= 0.6 is 0 Å². The average molecular weight is 469 g/mol. The summed E-state index contributed by atoms with van der Waals surface area (Å²) in [6.07, 6.45) is 5.35. The van der Waals surface area contributed by atoms with Gasteiger partial charge in [0.1, 0.15) is 31.0 Å². The van der Waals surface area contributed by atoms with Crippen molar-refractivity contribution in [1.82, 2.24) is 19.8 Å². The van der Waals surface area contributed by atoms with Gasteiger partial charge in [0.2, 0.25) is 5.91 Å². The van der Waals surface area contributed by atoms with Crippen molar-refractivity contribution in [3.8, 4) is 0 Å². The largest absolute Gasteiger partial charge is 0.365 e. The van der Waals surface area contributed by atoms with E-state index in [9.17, 15) is 18.8 Å². The Hall–Kier alpha value is -3.33. The van der Waals surface area contributed by atoms with Crippen LogP contribution in [0.2, 0.25) is 0 Å². The molecule has 1 aromatic carbocycles. The van der Waals surface area contributed by atoms with Gasteiger partial charge >= 0.3 is 0 Å². The highest BCUT2D eigenvalue weighted by atomic mass is 19.1. The van der Waals surface area contributed by atoms with Crippen LogP contribution in [0.5, 0.6) is 0 Å². The summed E-state index contributed by atoms with van der Waals surface area (Å²) in [7, 11) is 1.90. The maximum atomic E-state index is 14.4. The zero-order valence-corrected chi connectivity index (χ0v) is 19.5. The second-order valence-electron chi connectivity index (χ2n) is 9.23. The van der Waals surface area contributed by atoms with Crippen molar-refractivity contribution in [1.29, 1.82) is 0 Å². The fraction of sp³-hybridized carbons (Fsp3) is 0.440. The van der Waals surface area contributed by atoms with E-state index in [4.69, 9.17) is 4.74 Å². The minimum absolute atomic E-state index is 0.101. The van der Waals surface area contributed by atoms with Crippen molar-refractivity contribution in [2.75, 3.05) is 13.2 Å². The summed E-state index contributed by atoms with van der Waals surface area (Å²) in [5, 5.41) is 2.80. The minimum atomic E-state index is -1.41. The van der Waals surface area contributed by atoms with Gasteiger partial charge in [0.25, 0.3) is 5.91 Å². The summed E-state index contributed by atoms with van der Waals surface area (Å²) < 4.78 is 21.5. The molecule has 0 saturated carbocycles. The number of alkyl halides is 1. The average Bonchev–Trinajstić information content (AvgIpc) is 3.49. The summed E-state index contributed by atoms with van der Waals surface area (Å²) in [5.74, 6) is -1.05. The SMILES string of the molecule is CC(C)C[C@H](NC(=O)c1ccc(/C=C/c2cncn2C)cc1)C(=O)N1C[C@H](F)[C@H]2OCC(=O)[C@H]21. The molecule has 34 heavy (non-hydrogen) atoms. The van der Waals surface area contributed by atoms with Crippen LogP contribution in [0.4, 0.5) is 4.39 Å². The van der Waals surface area contributed by atoms with Gasteiger partial charge in [-0.05, 0) is 36.1 Å². The third-order valence-electron chi connectivity index (χ3n) is 6.19. The van der Waals surface area contributed by atoms with Crippen LogP contribution in [-0.4, -0.2) is 69.6 Å². The number of nitrogens with zero attached hydrogens (tertiary/aromatic N) is 3. The first-order valence-electron chi connectivity index (χ1n) is 11.4. The van der Waals surface area contributed by atoms with Gasteiger partial charge in [-0.1, -0.05) is 32.1 Å². The first-order chi connectivity index (χ1) is 16.2. The number of carbonyl (C=O) groups excluding carboxylic acids is 3. The zero-order valence-electron chi connectivity index (χ0n) is 19.5. The number of likely N-dealkylation sites (tertiary alicyclic amines) is 1. The molecule has 0 unspecified atom stereocenters. The molecule has 8 nitrogen and oxygen atoms in total. The van der Waals surface area contributed by atoms with Gasteiger partial charge in [-0.2, -0.15) is 0 Å². The Morgan fingerprint density at radius 2 is 2.00 bits per heavy atom. The van der Waals surface area contributed by atoms with Gasteiger partial charge in [-0.3, -0.25) is 14.4 Å². The van der Waals surface area contributed by atoms with E-state index in [1.54, 1.807) is 24.7 Å². The number of nitrogens with one attached hydrogen (secondary N) is 1. The number of ether oxygens (including phenoxy) is 1. The number of imidazole rings is 1. The molecule has 4 rings (SSSR count). The molecule has 9 heteroatoms. The van der Waals surface area contributed by atoms with E-state index in [1.807, 2.05) is 49.7 Å². The molecule has 2 aliphatic heterocycles. The van der Waals surface area contributed by atoms with Gasteiger partial charge in [0.15, 0.2) is 5.78 Å².